The molecule has 5 aromatic rings. The van der Waals surface area contributed by atoms with Gasteiger partial charge in [-0.3, -0.25) is 0 Å². The summed E-state index contributed by atoms with van der Waals surface area (Å²) in [7, 11) is -1.57. The molecule has 0 aliphatic carbocycles. The molecule has 0 atom stereocenters. The molecule has 1 aliphatic heterocycles. The van der Waals surface area contributed by atoms with Gasteiger partial charge in [-0.15, -0.1) is 0 Å². The molecule has 1 aliphatic rings. The van der Waals surface area contributed by atoms with Gasteiger partial charge in [0.15, 0.2) is 0 Å². The molecule has 3 nitrogen and oxygen atoms in total. The molecule has 0 radical (unpaired) electrons. The molecule has 37 heavy (non-hydrogen) atoms. The molecule has 6 rings (SSSR count). The Labute approximate surface area is 221 Å². The van der Waals surface area contributed by atoms with Crippen molar-refractivity contribution < 1.29 is 9.31 Å². The molecule has 1 aromatic heterocycles. The van der Waals surface area contributed by atoms with E-state index in [1.54, 1.807) is 0 Å². The minimum absolute atomic E-state index is 0.336. The third-order valence-corrected chi connectivity index (χ3v) is 11.1. The Hall–Kier alpha value is -2.99. The maximum atomic E-state index is 6.27. The zero-order valence-electron chi connectivity index (χ0n) is 22.5. The maximum absolute atomic E-state index is 6.27. The van der Waals surface area contributed by atoms with Crippen molar-refractivity contribution in [3.05, 3.63) is 97.1 Å². The van der Waals surface area contributed by atoms with Crippen molar-refractivity contribution in [2.45, 2.75) is 48.7 Å². The van der Waals surface area contributed by atoms with E-state index in [1.807, 2.05) is 0 Å². The third kappa shape index (κ3) is 3.92. The molecular formula is C32H34BNO2S. The van der Waals surface area contributed by atoms with Gasteiger partial charge in [0.25, 0.3) is 0 Å². The summed E-state index contributed by atoms with van der Waals surface area (Å²) in [6.45, 7) is 8.39. The number of benzene rings is 4. The van der Waals surface area contributed by atoms with Crippen molar-refractivity contribution in [1.82, 2.24) is 4.57 Å². The molecule has 0 amide bonds. The highest BCUT2D eigenvalue weighted by molar-refractivity contribution is 8.32. The Morgan fingerprint density at radius 2 is 1.19 bits per heavy atom. The number of hydrogen-bond acceptors (Lipinski definition) is 2. The number of nitrogens with zero attached hydrogens (tertiary/aromatic N) is 1. The first kappa shape index (κ1) is 24.4. The fraction of sp³-hybridized carbons (Fsp3) is 0.250. The van der Waals surface area contributed by atoms with Crippen molar-refractivity contribution in [1.29, 1.82) is 0 Å². The summed E-state index contributed by atoms with van der Waals surface area (Å²) < 4.78 is 14.9. The average Bonchev–Trinajstić information content (AvgIpc) is 3.33. The van der Waals surface area contributed by atoms with Crippen molar-refractivity contribution in [2.75, 3.05) is 12.5 Å². The Balaban J connectivity index is 1.39. The van der Waals surface area contributed by atoms with Gasteiger partial charge in [0.05, 0.1) is 22.2 Å². The van der Waals surface area contributed by atoms with Crippen LogP contribution >= 0.6 is 10.0 Å². The van der Waals surface area contributed by atoms with Crippen LogP contribution in [0.25, 0.3) is 27.5 Å². The van der Waals surface area contributed by atoms with Crippen LogP contribution in [-0.2, 0) is 9.31 Å². The molecule has 4 aromatic carbocycles. The number of aromatic nitrogens is 1. The predicted octanol–water partition coefficient (Wildman–Crippen LogP) is 7.57. The third-order valence-electron chi connectivity index (χ3n) is 8.24. The minimum atomic E-state index is -1.23. The number of hydrogen-bond donors (Lipinski definition) is 0. The number of fused-ring (bicyclic) bond motifs is 3. The lowest BCUT2D eigenvalue weighted by atomic mass is 9.79. The summed E-state index contributed by atoms with van der Waals surface area (Å²) in [5.41, 5.74) is 4.05. The second kappa shape index (κ2) is 8.52. The Bertz CT molecular complexity index is 1590. The maximum Gasteiger partial charge on any atom is 0.494 e. The van der Waals surface area contributed by atoms with Crippen molar-refractivity contribution in [2.24, 2.45) is 0 Å². The molecule has 2 heterocycles. The van der Waals surface area contributed by atoms with Gasteiger partial charge in [0.1, 0.15) is 0 Å². The van der Waals surface area contributed by atoms with Gasteiger partial charge in [-0.25, -0.2) is 0 Å². The predicted molar refractivity (Wildman–Crippen MR) is 159 cm³/mol. The van der Waals surface area contributed by atoms with Crippen molar-refractivity contribution in [3.8, 4) is 5.69 Å². The highest BCUT2D eigenvalue weighted by Gasteiger charge is 2.51. The molecule has 0 unspecified atom stereocenters. The summed E-state index contributed by atoms with van der Waals surface area (Å²) in [6.07, 6.45) is 4.77. The van der Waals surface area contributed by atoms with Gasteiger partial charge in [-0.2, -0.15) is 10.0 Å². The zero-order chi connectivity index (χ0) is 26.0. The van der Waals surface area contributed by atoms with Gasteiger partial charge < -0.3 is 13.9 Å². The van der Waals surface area contributed by atoms with Crippen LogP contribution in [0.4, 0.5) is 0 Å². The van der Waals surface area contributed by atoms with Gasteiger partial charge in [0.2, 0.25) is 0 Å². The second-order valence-electron chi connectivity index (χ2n) is 11.4. The molecule has 1 fully saturated rings. The van der Waals surface area contributed by atoms with Crippen LogP contribution in [-0.4, -0.2) is 35.4 Å². The SMILES string of the molecule is CC1(C)OB(c2ccc(S(C)(C)c3ccc4c(c3)c3ccccc3n4-c3ccccc3)cc2)OC1(C)C. The fourth-order valence-corrected chi connectivity index (χ4v) is 7.11. The van der Waals surface area contributed by atoms with Crippen molar-refractivity contribution >= 4 is 44.4 Å². The monoisotopic (exact) mass is 507 g/mol. The van der Waals surface area contributed by atoms with E-state index in [-0.39, 0.29) is 18.3 Å². The Morgan fingerprint density at radius 3 is 1.86 bits per heavy atom. The molecule has 1 saturated heterocycles. The van der Waals surface area contributed by atoms with E-state index in [4.69, 9.17) is 9.31 Å². The quantitative estimate of drug-likeness (QED) is 0.234. The van der Waals surface area contributed by atoms with E-state index in [1.165, 1.54) is 37.3 Å². The molecule has 188 valence electrons. The molecule has 0 spiro atoms. The largest absolute Gasteiger partial charge is 0.494 e. The topological polar surface area (TPSA) is 23.4 Å². The van der Waals surface area contributed by atoms with Gasteiger partial charge in [0, 0.05) is 16.5 Å². The summed E-state index contributed by atoms with van der Waals surface area (Å²) in [6, 6.07) is 35.2. The fourth-order valence-electron chi connectivity index (χ4n) is 5.21. The lowest BCUT2D eigenvalue weighted by Crippen LogP contribution is -2.41. The first-order valence-corrected chi connectivity index (χ1v) is 15.3. The van der Waals surface area contributed by atoms with Crippen LogP contribution in [0.1, 0.15) is 27.7 Å². The Kier molecular flexibility index (Phi) is 5.61. The lowest BCUT2D eigenvalue weighted by molar-refractivity contribution is 0.00578. The summed E-state index contributed by atoms with van der Waals surface area (Å²) >= 11 is 0. The van der Waals surface area contributed by atoms with Gasteiger partial charge in [-0.05, 0) is 91.9 Å². The minimum Gasteiger partial charge on any atom is -0.399 e. The van der Waals surface area contributed by atoms with E-state index in [2.05, 4.69) is 142 Å². The van der Waals surface area contributed by atoms with Crippen molar-refractivity contribution in [3.63, 3.8) is 0 Å². The summed E-state index contributed by atoms with van der Waals surface area (Å²) in [5, 5.41) is 2.58. The van der Waals surface area contributed by atoms with E-state index < -0.39 is 10.0 Å². The van der Waals surface area contributed by atoms with E-state index in [0.717, 1.165) is 5.46 Å². The lowest BCUT2D eigenvalue weighted by Gasteiger charge is -2.32. The standard InChI is InChI=1S/C32H34BNO2S/c1-31(2)32(3,4)36-33(35-31)23-16-18-25(19-17-23)37(5,6)26-20-21-30-28(22-26)27-14-10-11-15-29(27)34(30)24-12-8-7-9-13-24/h7-22H,1-6H3. The van der Waals surface area contributed by atoms with E-state index in [9.17, 15) is 0 Å². The highest BCUT2D eigenvalue weighted by atomic mass is 32.3. The first-order chi connectivity index (χ1) is 17.6. The number of rotatable bonds is 4. The van der Waals surface area contributed by atoms with E-state index >= 15 is 0 Å². The van der Waals surface area contributed by atoms with Gasteiger partial charge >= 0.3 is 7.12 Å². The molecule has 5 heteroatoms. The van der Waals surface area contributed by atoms with Gasteiger partial charge in [-0.1, -0.05) is 60.7 Å². The first-order valence-electron chi connectivity index (χ1n) is 12.9. The Morgan fingerprint density at radius 1 is 0.622 bits per heavy atom. The summed E-state index contributed by atoms with van der Waals surface area (Å²) in [4.78, 5) is 2.72. The normalized spacial score (nSPS) is 17.5. The second-order valence-corrected chi connectivity index (χ2v) is 14.9. The highest BCUT2D eigenvalue weighted by Crippen LogP contribution is 2.57. The summed E-state index contributed by atoms with van der Waals surface area (Å²) in [5.74, 6) is 0. The molecule has 0 saturated carbocycles. The van der Waals surface area contributed by atoms with Crippen LogP contribution in [0, 0.1) is 0 Å². The van der Waals surface area contributed by atoms with E-state index in [0.29, 0.717) is 0 Å². The molecular weight excluding hydrogens is 473 g/mol. The average molecular weight is 508 g/mol. The number of para-hydroxylation sites is 2. The van der Waals surface area contributed by atoms with Crippen LogP contribution < -0.4 is 5.46 Å². The zero-order valence-corrected chi connectivity index (χ0v) is 23.3. The van der Waals surface area contributed by atoms with Crippen LogP contribution in [0.2, 0.25) is 0 Å². The molecule has 0 N–H and O–H groups in total. The van der Waals surface area contributed by atoms with Crippen LogP contribution in [0.15, 0.2) is 107 Å². The smallest absolute Gasteiger partial charge is 0.399 e. The van der Waals surface area contributed by atoms with Crippen LogP contribution in [0.5, 0.6) is 0 Å². The van der Waals surface area contributed by atoms with Crippen LogP contribution in [0.3, 0.4) is 0 Å². The molecule has 0 bridgehead atoms.